The molecule has 0 fully saturated rings. The van der Waals surface area contributed by atoms with Gasteiger partial charge in [0.15, 0.2) is 0 Å². The second-order valence-electron chi connectivity index (χ2n) is 3.27. The fraction of sp³-hybridized carbons (Fsp3) is 1.00. The average molecular weight is 241 g/mol. The molecule has 2 heteroatoms. The van der Waals surface area contributed by atoms with Crippen molar-refractivity contribution in [2.45, 2.75) is 39.5 Å². The van der Waals surface area contributed by atoms with Gasteiger partial charge in [-0.3, -0.25) is 0 Å². The molecule has 0 saturated carbocycles. The highest BCUT2D eigenvalue weighted by molar-refractivity contribution is 9.58. The van der Waals surface area contributed by atoms with E-state index >= 15 is 0 Å². The van der Waals surface area contributed by atoms with Crippen LogP contribution in [0.25, 0.3) is 0 Å². The van der Waals surface area contributed by atoms with Crippen LogP contribution in [0.1, 0.15) is 39.5 Å². The van der Waals surface area contributed by atoms with Crippen LogP contribution in [0.4, 0.5) is 0 Å². The topological polar surface area (TPSA) is 0 Å². The minimum atomic E-state index is -0.393. The van der Waals surface area contributed by atoms with Gasteiger partial charge in [0.2, 0.25) is 0 Å². The molecule has 0 saturated heterocycles. The zero-order chi connectivity index (χ0) is 8.74. The predicted octanol–water partition coefficient (Wildman–Crippen LogP) is 4.33. The first-order chi connectivity index (χ1) is 5.12. The Morgan fingerprint density at radius 2 is 1.36 bits per heavy atom. The predicted molar refractivity (Wildman–Crippen MR) is 62.0 cm³/mol. The summed E-state index contributed by atoms with van der Waals surface area (Å²) in [5, 5.41) is 0. The molecule has 0 aliphatic rings. The van der Waals surface area contributed by atoms with E-state index in [-0.39, 0.29) is 0 Å². The van der Waals surface area contributed by atoms with E-state index in [0.29, 0.717) is 0 Å². The number of hydrogen-bond donors (Lipinski definition) is 0. The second-order valence-corrected chi connectivity index (χ2v) is 11.1. The van der Waals surface area contributed by atoms with Crippen LogP contribution in [-0.4, -0.2) is 17.8 Å². The number of halogens is 1. The minimum absolute atomic E-state index is 0.393. The average Bonchev–Trinajstić information content (AvgIpc) is 1.97. The Bertz CT molecular complexity index is 81.6. The third-order valence-electron chi connectivity index (χ3n) is 1.85. The summed E-state index contributed by atoms with van der Waals surface area (Å²) in [4.78, 5) is 0. The van der Waals surface area contributed by atoms with Crippen LogP contribution in [-0.2, 0) is 0 Å². The van der Waals surface area contributed by atoms with Crippen molar-refractivity contribution < 1.29 is 0 Å². The number of unbranched alkanes of at least 4 members (excludes halogenated alkanes) is 2. The lowest BCUT2D eigenvalue weighted by molar-refractivity contribution is 0.874. The highest BCUT2D eigenvalue weighted by Gasteiger charge is 2.11. The molecule has 0 rings (SSSR count). The minimum Gasteiger partial charge on any atom is -0.186 e. The van der Waals surface area contributed by atoms with Gasteiger partial charge >= 0.3 is 0 Å². The summed E-state index contributed by atoms with van der Waals surface area (Å²) in [6.07, 6.45) is 7.85. The van der Waals surface area contributed by atoms with Gasteiger partial charge in [0.05, 0.1) is 0 Å². The SMILES string of the molecule is CCCCS(C)(Br)CCCC. The maximum atomic E-state index is 3.87. The van der Waals surface area contributed by atoms with E-state index in [0.717, 1.165) is 0 Å². The van der Waals surface area contributed by atoms with Gasteiger partial charge in [-0.2, -0.15) is 8.46 Å². The van der Waals surface area contributed by atoms with Crippen molar-refractivity contribution in [1.29, 1.82) is 0 Å². The number of hydrogen-bond acceptors (Lipinski definition) is 0. The Labute approximate surface area is 80.7 Å². The van der Waals surface area contributed by atoms with Crippen LogP contribution in [0.3, 0.4) is 0 Å². The van der Waals surface area contributed by atoms with Crippen LogP contribution in [0, 0.1) is 0 Å². The first-order valence-corrected chi connectivity index (χ1v) is 8.78. The fourth-order valence-electron chi connectivity index (χ4n) is 0.993. The maximum Gasteiger partial charge on any atom is -0.0139 e. The van der Waals surface area contributed by atoms with Crippen LogP contribution < -0.4 is 0 Å². The van der Waals surface area contributed by atoms with E-state index in [1.165, 1.54) is 37.2 Å². The van der Waals surface area contributed by atoms with Crippen LogP contribution in [0.15, 0.2) is 0 Å². The molecule has 0 bridgehead atoms. The quantitative estimate of drug-likeness (QED) is 0.649. The Morgan fingerprint density at radius 3 is 1.64 bits per heavy atom. The summed E-state index contributed by atoms with van der Waals surface area (Å²) in [6, 6.07) is 0. The standard InChI is InChI=1S/C9H21BrS/c1-4-6-8-11(3,10)9-7-5-2/h4-9H2,1-3H3. The molecule has 0 spiro atoms. The molecule has 0 nitrogen and oxygen atoms in total. The lowest BCUT2D eigenvalue weighted by atomic mass is 10.4. The van der Waals surface area contributed by atoms with E-state index in [4.69, 9.17) is 0 Å². The molecule has 0 aromatic carbocycles. The maximum absolute atomic E-state index is 3.87. The van der Waals surface area contributed by atoms with E-state index in [9.17, 15) is 0 Å². The van der Waals surface area contributed by atoms with Gasteiger partial charge in [-0.15, -0.1) is 0 Å². The lowest BCUT2D eigenvalue weighted by Crippen LogP contribution is -2.00. The molecule has 0 aromatic heterocycles. The van der Waals surface area contributed by atoms with Crippen molar-refractivity contribution in [3.8, 4) is 0 Å². The molecule has 0 aliphatic heterocycles. The van der Waals surface area contributed by atoms with Crippen molar-refractivity contribution in [2.75, 3.05) is 17.8 Å². The molecule has 0 atom stereocenters. The van der Waals surface area contributed by atoms with Gasteiger partial charge in [-0.25, -0.2) is 0 Å². The summed E-state index contributed by atoms with van der Waals surface area (Å²) in [5.74, 6) is 2.81. The smallest absolute Gasteiger partial charge is 0.0139 e. The Kier molecular flexibility index (Phi) is 6.84. The van der Waals surface area contributed by atoms with Gasteiger partial charge < -0.3 is 0 Å². The van der Waals surface area contributed by atoms with Crippen molar-refractivity contribution in [2.24, 2.45) is 0 Å². The molecule has 0 N–H and O–H groups in total. The normalized spacial score (nSPS) is 13.5. The van der Waals surface area contributed by atoms with Crippen molar-refractivity contribution in [3.63, 3.8) is 0 Å². The molecular weight excluding hydrogens is 220 g/mol. The van der Waals surface area contributed by atoms with E-state index in [1.54, 1.807) is 0 Å². The molecule has 70 valence electrons. The second kappa shape index (κ2) is 6.36. The summed E-state index contributed by atoms with van der Waals surface area (Å²) in [7, 11) is -0.393. The Morgan fingerprint density at radius 1 is 1.00 bits per heavy atom. The summed E-state index contributed by atoms with van der Waals surface area (Å²) in [6.45, 7) is 4.53. The Balaban J connectivity index is 3.43. The van der Waals surface area contributed by atoms with Gasteiger partial charge in [-0.1, -0.05) is 26.7 Å². The van der Waals surface area contributed by atoms with E-state index < -0.39 is 8.46 Å². The van der Waals surface area contributed by atoms with Gasteiger partial charge in [-0.05, 0) is 45.4 Å². The summed E-state index contributed by atoms with van der Waals surface area (Å²) < 4.78 is 0. The zero-order valence-electron chi connectivity index (χ0n) is 8.03. The van der Waals surface area contributed by atoms with Crippen molar-refractivity contribution in [1.82, 2.24) is 0 Å². The van der Waals surface area contributed by atoms with E-state index in [1.807, 2.05) is 0 Å². The highest BCUT2D eigenvalue weighted by Crippen LogP contribution is 2.53. The van der Waals surface area contributed by atoms with Crippen molar-refractivity contribution in [3.05, 3.63) is 0 Å². The Hall–Kier alpha value is 0.830. The monoisotopic (exact) mass is 240 g/mol. The molecule has 0 amide bonds. The van der Waals surface area contributed by atoms with Gasteiger partial charge in [0, 0.05) is 0 Å². The molecule has 0 unspecified atom stereocenters. The fourth-order valence-corrected chi connectivity index (χ4v) is 4.35. The van der Waals surface area contributed by atoms with Gasteiger partial charge in [0.25, 0.3) is 0 Å². The number of rotatable bonds is 6. The molecule has 0 aromatic rings. The van der Waals surface area contributed by atoms with Gasteiger partial charge in [0.1, 0.15) is 0 Å². The highest BCUT2D eigenvalue weighted by atomic mass is 79.9. The third kappa shape index (κ3) is 7.20. The molecular formula is C9H21BrS. The molecule has 11 heavy (non-hydrogen) atoms. The first kappa shape index (κ1) is 11.8. The zero-order valence-corrected chi connectivity index (χ0v) is 10.4. The largest absolute Gasteiger partial charge is 0.186 e. The lowest BCUT2D eigenvalue weighted by Gasteiger charge is -2.28. The van der Waals surface area contributed by atoms with Crippen LogP contribution >= 0.6 is 23.3 Å². The summed E-state index contributed by atoms with van der Waals surface area (Å²) in [5.41, 5.74) is 0. The van der Waals surface area contributed by atoms with Crippen LogP contribution in [0.2, 0.25) is 0 Å². The molecule has 0 radical (unpaired) electrons. The summed E-state index contributed by atoms with van der Waals surface area (Å²) >= 11 is 3.87. The molecule has 0 heterocycles. The molecule has 0 aliphatic carbocycles. The van der Waals surface area contributed by atoms with Crippen LogP contribution in [0.5, 0.6) is 0 Å². The van der Waals surface area contributed by atoms with E-state index in [2.05, 4.69) is 34.9 Å². The first-order valence-electron chi connectivity index (χ1n) is 4.55. The van der Waals surface area contributed by atoms with Crippen molar-refractivity contribution >= 4 is 23.3 Å². The third-order valence-corrected chi connectivity index (χ3v) is 6.07.